The van der Waals surface area contributed by atoms with Gasteiger partial charge < -0.3 is 10.2 Å². The van der Waals surface area contributed by atoms with Crippen molar-refractivity contribution in [2.75, 3.05) is 37.7 Å². The van der Waals surface area contributed by atoms with Gasteiger partial charge in [-0.25, -0.2) is 5.01 Å². The highest BCUT2D eigenvalue weighted by molar-refractivity contribution is 6.12. The molecule has 0 aromatic heterocycles. The van der Waals surface area contributed by atoms with Gasteiger partial charge in [-0.1, -0.05) is 25.1 Å². The van der Waals surface area contributed by atoms with Crippen LogP contribution in [0.25, 0.3) is 0 Å². The second kappa shape index (κ2) is 10.4. The highest BCUT2D eigenvalue weighted by Crippen LogP contribution is 2.19. The summed E-state index contributed by atoms with van der Waals surface area (Å²) < 4.78 is 0. The molecular formula is C17H27ClN4O. The molecular weight excluding hydrogens is 312 g/mol. The Morgan fingerprint density at radius 2 is 1.83 bits per heavy atom. The number of carbonyl (C=O) groups is 1. The Balaban J connectivity index is 0.000000235. The molecule has 1 amide bonds. The maximum absolute atomic E-state index is 11.4. The summed E-state index contributed by atoms with van der Waals surface area (Å²) >= 11 is 0. The standard InChI is InChI=1S/C10H10N2O.C7H16N2.ClH/c1-8-7-10(13)12(11-8)9-5-3-2-4-6-9;1-2-5-9-6-3-8-4-7-9;/h2-6H,7H2,1H3;8H,2-7H2,1H3;1H. The summed E-state index contributed by atoms with van der Waals surface area (Å²) in [5, 5.41) is 8.93. The van der Waals surface area contributed by atoms with E-state index in [9.17, 15) is 4.79 Å². The Morgan fingerprint density at radius 3 is 2.35 bits per heavy atom. The molecule has 2 heterocycles. The largest absolute Gasteiger partial charge is 0.314 e. The number of amides is 1. The molecule has 0 unspecified atom stereocenters. The molecule has 0 saturated carbocycles. The molecule has 1 saturated heterocycles. The monoisotopic (exact) mass is 338 g/mol. The Kier molecular flexibility index (Phi) is 8.84. The number of hydrazone groups is 1. The normalized spacial score (nSPS) is 17.9. The first-order valence-electron chi connectivity index (χ1n) is 8.06. The Hall–Kier alpha value is -1.43. The smallest absolute Gasteiger partial charge is 0.253 e. The zero-order valence-corrected chi connectivity index (χ0v) is 14.8. The molecule has 5 nitrogen and oxygen atoms in total. The van der Waals surface area contributed by atoms with Gasteiger partial charge in [-0.15, -0.1) is 12.4 Å². The lowest BCUT2D eigenvalue weighted by atomic mass is 10.3. The third kappa shape index (κ3) is 6.29. The van der Waals surface area contributed by atoms with E-state index in [0.29, 0.717) is 6.42 Å². The molecule has 1 fully saturated rings. The van der Waals surface area contributed by atoms with Crippen molar-refractivity contribution in [3.8, 4) is 0 Å². The van der Waals surface area contributed by atoms with Gasteiger partial charge in [0.1, 0.15) is 0 Å². The summed E-state index contributed by atoms with van der Waals surface area (Å²) in [7, 11) is 0. The van der Waals surface area contributed by atoms with E-state index in [-0.39, 0.29) is 18.3 Å². The zero-order chi connectivity index (χ0) is 15.8. The maximum atomic E-state index is 11.4. The van der Waals surface area contributed by atoms with Crippen molar-refractivity contribution in [2.24, 2.45) is 5.10 Å². The fraction of sp³-hybridized carbons (Fsp3) is 0.529. The molecule has 0 atom stereocenters. The van der Waals surface area contributed by atoms with Crippen LogP contribution >= 0.6 is 12.4 Å². The van der Waals surface area contributed by atoms with E-state index < -0.39 is 0 Å². The highest BCUT2D eigenvalue weighted by Gasteiger charge is 2.21. The summed E-state index contributed by atoms with van der Waals surface area (Å²) in [6, 6.07) is 9.46. The molecule has 1 aromatic carbocycles. The Bertz CT molecular complexity index is 498. The summed E-state index contributed by atoms with van der Waals surface area (Å²) in [4.78, 5) is 13.9. The number of para-hydroxylation sites is 1. The fourth-order valence-electron chi connectivity index (χ4n) is 2.58. The Morgan fingerprint density at radius 1 is 1.17 bits per heavy atom. The van der Waals surface area contributed by atoms with Crippen LogP contribution in [-0.4, -0.2) is 49.2 Å². The van der Waals surface area contributed by atoms with Gasteiger partial charge in [-0.3, -0.25) is 4.79 Å². The number of hydrogen-bond donors (Lipinski definition) is 1. The predicted octanol–water partition coefficient (Wildman–Crippen LogP) is 2.52. The van der Waals surface area contributed by atoms with E-state index in [1.807, 2.05) is 37.3 Å². The van der Waals surface area contributed by atoms with Gasteiger partial charge in [0.15, 0.2) is 0 Å². The van der Waals surface area contributed by atoms with Gasteiger partial charge in [-0.05, 0) is 32.0 Å². The molecule has 1 N–H and O–H groups in total. The lowest BCUT2D eigenvalue weighted by Crippen LogP contribution is -2.43. The SMILES string of the molecule is CC1=NN(c2ccccc2)C(=O)C1.CCCN1CCNCC1.Cl. The van der Waals surface area contributed by atoms with Gasteiger partial charge in [0.05, 0.1) is 12.1 Å². The molecule has 23 heavy (non-hydrogen) atoms. The number of benzene rings is 1. The minimum atomic E-state index is 0. The second-order valence-corrected chi connectivity index (χ2v) is 5.64. The first-order chi connectivity index (χ1) is 10.7. The van der Waals surface area contributed by atoms with Crippen LogP contribution in [0.2, 0.25) is 0 Å². The van der Waals surface area contributed by atoms with Gasteiger partial charge in [0, 0.05) is 31.9 Å². The first-order valence-corrected chi connectivity index (χ1v) is 8.06. The molecule has 0 radical (unpaired) electrons. The van der Waals surface area contributed by atoms with Gasteiger partial charge in [-0.2, -0.15) is 5.10 Å². The van der Waals surface area contributed by atoms with E-state index >= 15 is 0 Å². The first kappa shape index (κ1) is 19.6. The lowest BCUT2D eigenvalue weighted by Gasteiger charge is -2.26. The van der Waals surface area contributed by atoms with Gasteiger partial charge >= 0.3 is 0 Å². The van der Waals surface area contributed by atoms with Crippen molar-refractivity contribution in [2.45, 2.75) is 26.7 Å². The number of piperazine rings is 1. The van der Waals surface area contributed by atoms with Crippen molar-refractivity contribution in [1.82, 2.24) is 10.2 Å². The van der Waals surface area contributed by atoms with Crippen molar-refractivity contribution in [1.29, 1.82) is 0 Å². The van der Waals surface area contributed by atoms with Crippen LogP contribution in [0.4, 0.5) is 5.69 Å². The van der Waals surface area contributed by atoms with E-state index in [0.717, 1.165) is 11.4 Å². The molecule has 2 aliphatic rings. The van der Waals surface area contributed by atoms with E-state index in [2.05, 4.69) is 22.2 Å². The molecule has 128 valence electrons. The molecule has 0 aliphatic carbocycles. The highest BCUT2D eigenvalue weighted by atomic mass is 35.5. The van der Waals surface area contributed by atoms with Crippen LogP contribution in [0.1, 0.15) is 26.7 Å². The Labute approximate surface area is 145 Å². The zero-order valence-electron chi connectivity index (χ0n) is 14.0. The molecule has 0 spiro atoms. The maximum Gasteiger partial charge on any atom is 0.253 e. The molecule has 2 aliphatic heterocycles. The van der Waals surface area contributed by atoms with Crippen LogP contribution in [0.5, 0.6) is 0 Å². The third-order valence-corrected chi connectivity index (χ3v) is 3.66. The van der Waals surface area contributed by atoms with E-state index in [1.165, 1.54) is 44.2 Å². The second-order valence-electron chi connectivity index (χ2n) is 5.64. The van der Waals surface area contributed by atoms with E-state index in [1.54, 1.807) is 0 Å². The molecule has 3 rings (SSSR count). The van der Waals surface area contributed by atoms with Crippen LogP contribution < -0.4 is 10.3 Å². The van der Waals surface area contributed by atoms with Crippen LogP contribution in [0.15, 0.2) is 35.4 Å². The number of nitrogens with one attached hydrogen (secondary N) is 1. The van der Waals surface area contributed by atoms with Crippen LogP contribution in [0.3, 0.4) is 0 Å². The number of anilines is 1. The number of hydrogen-bond acceptors (Lipinski definition) is 4. The van der Waals surface area contributed by atoms with E-state index in [4.69, 9.17) is 0 Å². The average Bonchev–Trinajstić information content (AvgIpc) is 2.89. The van der Waals surface area contributed by atoms with Crippen LogP contribution in [0, 0.1) is 0 Å². The lowest BCUT2D eigenvalue weighted by molar-refractivity contribution is -0.116. The summed E-state index contributed by atoms with van der Waals surface area (Å²) in [5.41, 5.74) is 1.71. The fourth-order valence-corrected chi connectivity index (χ4v) is 2.58. The quantitative estimate of drug-likeness (QED) is 0.921. The number of carbonyl (C=O) groups excluding carboxylic acids is 1. The molecule has 6 heteroatoms. The van der Waals surface area contributed by atoms with Gasteiger partial charge in [0.2, 0.25) is 0 Å². The average molecular weight is 339 g/mol. The molecule has 0 bridgehead atoms. The topological polar surface area (TPSA) is 47.9 Å². The number of rotatable bonds is 3. The van der Waals surface area contributed by atoms with Gasteiger partial charge in [0.25, 0.3) is 5.91 Å². The number of nitrogens with zero attached hydrogens (tertiary/aromatic N) is 3. The van der Waals surface area contributed by atoms with Crippen LogP contribution in [-0.2, 0) is 4.79 Å². The van der Waals surface area contributed by atoms with Crippen molar-refractivity contribution < 1.29 is 4.79 Å². The summed E-state index contributed by atoms with van der Waals surface area (Å²) in [5.74, 6) is 0.0451. The minimum Gasteiger partial charge on any atom is -0.314 e. The van der Waals surface area contributed by atoms with Crippen molar-refractivity contribution in [3.63, 3.8) is 0 Å². The predicted molar refractivity (Wildman–Crippen MR) is 98.5 cm³/mol. The van der Waals surface area contributed by atoms with Crippen molar-refractivity contribution in [3.05, 3.63) is 30.3 Å². The minimum absolute atomic E-state index is 0. The third-order valence-electron chi connectivity index (χ3n) is 3.66. The summed E-state index contributed by atoms with van der Waals surface area (Å²) in [6.45, 7) is 10.2. The number of halogens is 1. The van der Waals surface area contributed by atoms with Crippen molar-refractivity contribution >= 4 is 29.7 Å². The summed E-state index contributed by atoms with van der Waals surface area (Å²) in [6.07, 6.45) is 1.73. The molecule has 1 aromatic rings.